The number of anilines is 1. The van der Waals surface area contributed by atoms with E-state index in [1.165, 1.54) is 0 Å². The molecule has 3 nitrogen and oxygen atoms in total. The highest BCUT2D eigenvalue weighted by molar-refractivity contribution is 6.34. The predicted molar refractivity (Wildman–Crippen MR) is 59.8 cm³/mol. The summed E-state index contributed by atoms with van der Waals surface area (Å²) in [5.74, 6) is -0.333. The smallest absolute Gasteiger partial charge is 0.339 e. The molecule has 0 aromatic heterocycles. The van der Waals surface area contributed by atoms with Gasteiger partial charge in [-0.05, 0) is 18.1 Å². The fourth-order valence-electron chi connectivity index (χ4n) is 1.88. The molecule has 0 unspecified atom stereocenters. The summed E-state index contributed by atoms with van der Waals surface area (Å²) in [5.41, 5.74) is 0.944. The van der Waals surface area contributed by atoms with Crippen molar-refractivity contribution >= 4 is 23.3 Å². The van der Waals surface area contributed by atoms with Crippen molar-refractivity contribution in [3.8, 4) is 0 Å². The van der Waals surface area contributed by atoms with Crippen LogP contribution in [0, 0.1) is 5.92 Å². The van der Waals surface area contributed by atoms with Gasteiger partial charge in [-0.1, -0.05) is 24.6 Å². The number of benzene rings is 1. The van der Waals surface area contributed by atoms with Crippen LogP contribution in [0.2, 0.25) is 5.02 Å². The van der Waals surface area contributed by atoms with E-state index in [9.17, 15) is 4.79 Å². The van der Waals surface area contributed by atoms with Crippen LogP contribution in [0.1, 0.15) is 17.3 Å². The van der Waals surface area contributed by atoms with Crippen LogP contribution in [-0.2, 0) is 0 Å². The molecule has 0 radical (unpaired) electrons. The zero-order valence-corrected chi connectivity index (χ0v) is 9.16. The van der Waals surface area contributed by atoms with Crippen molar-refractivity contribution in [3.05, 3.63) is 28.8 Å². The summed E-state index contributed by atoms with van der Waals surface area (Å²) in [6.07, 6.45) is 0. The van der Waals surface area contributed by atoms with Gasteiger partial charge < -0.3 is 10.0 Å². The van der Waals surface area contributed by atoms with Crippen LogP contribution < -0.4 is 4.90 Å². The second-order valence-corrected chi connectivity index (χ2v) is 4.36. The van der Waals surface area contributed by atoms with E-state index in [-0.39, 0.29) is 5.56 Å². The van der Waals surface area contributed by atoms with Crippen molar-refractivity contribution < 1.29 is 9.90 Å². The number of carboxylic acids is 1. The summed E-state index contributed by atoms with van der Waals surface area (Å²) in [4.78, 5) is 13.1. The Labute approximate surface area is 93.3 Å². The third-order valence-corrected chi connectivity index (χ3v) is 2.93. The SMILES string of the molecule is CC1CN(c2cccc(Cl)c2C(=O)O)C1. The van der Waals surface area contributed by atoms with Gasteiger partial charge in [-0.25, -0.2) is 4.79 Å². The van der Waals surface area contributed by atoms with Crippen LogP contribution in [0.4, 0.5) is 5.69 Å². The number of aromatic carboxylic acids is 1. The van der Waals surface area contributed by atoms with Gasteiger partial charge in [-0.2, -0.15) is 0 Å². The van der Waals surface area contributed by atoms with Crippen LogP contribution in [-0.4, -0.2) is 24.2 Å². The molecule has 1 heterocycles. The first-order valence-corrected chi connectivity index (χ1v) is 5.24. The minimum Gasteiger partial charge on any atom is -0.478 e. The van der Waals surface area contributed by atoms with Gasteiger partial charge >= 0.3 is 5.97 Å². The lowest BCUT2D eigenvalue weighted by molar-refractivity contribution is 0.0697. The summed E-state index contributed by atoms with van der Waals surface area (Å²) < 4.78 is 0. The molecule has 1 aromatic rings. The fourth-order valence-corrected chi connectivity index (χ4v) is 2.13. The lowest BCUT2D eigenvalue weighted by Crippen LogP contribution is -2.45. The maximum Gasteiger partial charge on any atom is 0.339 e. The van der Waals surface area contributed by atoms with E-state index in [2.05, 4.69) is 6.92 Å². The molecular weight excluding hydrogens is 214 g/mol. The van der Waals surface area contributed by atoms with Gasteiger partial charge in [0.25, 0.3) is 0 Å². The van der Waals surface area contributed by atoms with Crippen LogP contribution in [0.5, 0.6) is 0 Å². The molecular formula is C11H12ClNO2. The summed E-state index contributed by atoms with van der Waals surface area (Å²) in [6, 6.07) is 5.20. The summed E-state index contributed by atoms with van der Waals surface area (Å²) in [7, 11) is 0. The van der Waals surface area contributed by atoms with Crippen LogP contribution >= 0.6 is 11.6 Å². The van der Waals surface area contributed by atoms with Gasteiger partial charge in [0.1, 0.15) is 5.56 Å². The molecule has 15 heavy (non-hydrogen) atoms. The minimum absolute atomic E-state index is 0.214. The van der Waals surface area contributed by atoms with E-state index in [1.54, 1.807) is 18.2 Å². The summed E-state index contributed by atoms with van der Waals surface area (Å²) in [6.45, 7) is 3.95. The Morgan fingerprint density at radius 2 is 2.20 bits per heavy atom. The first-order valence-electron chi connectivity index (χ1n) is 4.86. The van der Waals surface area contributed by atoms with E-state index >= 15 is 0 Å². The molecule has 80 valence electrons. The third-order valence-electron chi connectivity index (χ3n) is 2.61. The first-order chi connectivity index (χ1) is 7.09. The second-order valence-electron chi connectivity index (χ2n) is 3.95. The maximum atomic E-state index is 11.1. The Morgan fingerprint density at radius 3 is 2.73 bits per heavy atom. The standard InChI is InChI=1S/C11H12ClNO2/c1-7-5-13(6-7)9-4-2-3-8(12)10(9)11(14)15/h2-4,7H,5-6H2,1H3,(H,14,15). The highest BCUT2D eigenvalue weighted by Gasteiger charge is 2.27. The molecule has 1 saturated heterocycles. The largest absolute Gasteiger partial charge is 0.478 e. The van der Waals surface area contributed by atoms with Gasteiger partial charge in [0.15, 0.2) is 0 Å². The molecule has 0 bridgehead atoms. The number of carbonyl (C=O) groups is 1. The zero-order valence-electron chi connectivity index (χ0n) is 8.40. The number of carboxylic acid groups (broad SMARTS) is 1. The Kier molecular flexibility index (Phi) is 2.57. The number of hydrogen-bond acceptors (Lipinski definition) is 2. The average molecular weight is 226 g/mol. The molecule has 0 amide bonds. The molecule has 0 aliphatic carbocycles. The Hall–Kier alpha value is -1.22. The predicted octanol–water partition coefficient (Wildman–Crippen LogP) is 2.49. The normalized spacial score (nSPS) is 16.3. The van der Waals surface area contributed by atoms with Crippen LogP contribution in [0.3, 0.4) is 0 Å². The molecule has 0 atom stereocenters. The number of nitrogens with zero attached hydrogens (tertiary/aromatic N) is 1. The van der Waals surface area contributed by atoms with Gasteiger partial charge in [0.2, 0.25) is 0 Å². The Bertz CT molecular complexity index is 400. The minimum atomic E-state index is -0.963. The maximum absolute atomic E-state index is 11.1. The van der Waals surface area contributed by atoms with Crippen molar-refractivity contribution in [2.45, 2.75) is 6.92 Å². The monoisotopic (exact) mass is 225 g/mol. The lowest BCUT2D eigenvalue weighted by Gasteiger charge is -2.39. The quantitative estimate of drug-likeness (QED) is 0.841. The molecule has 1 fully saturated rings. The third kappa shape index (κ3) is 1.79. The highest BCUT2D eigenvalue weighted by atomic mass is 35.5. The molecule has 1 aliphatic rings. The topological polar surface area (TPSA) is 40.5 Å². The molecule has 1 aromatic carbocycles. The first kappa shape index (κ1) is 10.3. The van der Waals surface area contributed by atoms with Gasteiger partial charge in [-0.3, -0.25) is 0 Å². The molecule has 1 N–H and O–H groups in total. The van der Waals surface area contributed by atoms with Gasteiger partial charge in [-0.15, -0.1) is 0 Å². The second kappa shape index (κ2) is 3.74. The van der Waals surface area contributed by atoms with Crippen molar-refractivity contribution in [3.63, 3.8) is 0 Å². The fraction of sp³-hybridized carbons (Fsp3) is 0.364. The van der Waals surface area contributed by atoms with E-state index in [0.717, 1.165) is 18.8 Å². The van der Waals surface area contributed by atoms with Crippen molar-refractivity contribution in [2.75, 3.05) is 18.0 Å². The van der Waals surface area contributed by atoms with Crippen molar-refractivity contribution in [2.24, 2.45) is 5.92 Å². The molecule has 0 spiro atoms. The van der Waals surface area contributed by atoms with Gasteiger partial charge in [0, 0.05) is 13.1 Å². The highest BCUT2D eigenvalue weighted by Crippen LogP contribution is 2.31. The Morgan fingerprint density at radius 1 is 1.53 bits per heavy atom. The molecule has 2 rings (SSSR count). The number of hydrogen-bond donors (Lipinski definition) is 1. The van der Waals surface area contributed by atoms with E-state index in [4.69, 9.17) is 16.7 Å². The van der Waals surface area contributed by atoms with E-state index < -0.39 is 5.97 Å². The molecule has 1 aliphatic heterocycles. The zero-order chi connectivity index (χ0) is 11.0. The number of rotatable bonds is 2. The average Bonchev–Trinajstić information content (AvgIpc) is 2.12. The van der Waals surface area contributed by atoms with E-state index in [0.29, 0.717) is 10.9 Å². The molecule has 0 saturated carbocycles. The summed E-state index contributed by atoms with van der Waals surface area (Å²) >= 11 is 5.88. The van der Waals surface area contributed by atoms with Crippen molar-refractivity contribution in [1.29, 1.82) is 0 Å². The van der Waals surface area contributed by atoms with Crippen molar-refractivity contribution in [1.82, 2.24) is 0 Å². The van der Waals surface area contributed by atoms with Crippen LogP contribution in [0.15, 0.2) is 18.2 Å². The lowest BCUT2D eigenvalue weighted by atomic mass is 10.00. The molecule has 4 heteroatoms. The van der Waals surface area contributed by atoms with Gasteiger partial charge in [0.05, 0.1) is 10.7 Å². The van der Waals surface area contributed by atoms with Crippen LogP contribution in [0.25, 0.3) is 0 Å². The Balaban J connectivity index is 2.38. The summed E-state index contributed by atoms with van der Waals surface area (Å²) in [5, 5.41) is 9.37. The number of halogens is 1. The van der Waals surface area contributed by atoms with E-state index in [1.807, 2.05) is 4.90 Å².